The normalized spacial score (nSPS) is 18.8. The predicted molar refractivity (Wildman–Crippen MR) is 72.8 cm³/mol. The Balaban J connectivity index is 2.47. The third kappa shape index (κ3) is 3.80. The number of unbranched alkanes of at least 4 members (excludes halogenated alkanes) is 2. The average Bonchev–Trinajstić information content (AvgIpc) is 2.52. The fraction of sp³-hybridized carbons (Fsp3) is 0.692. The fourth-order valence-corrected chi connectivity index (χ4v) is 2.18. The molecule has 0 aromatic carbocycles. The summed E-state index contributed by atoms with van der Waals surface area (Å²) < 4.78 is 5.26. The Morgan fingerprint density at radius 1 is 1.53 bits per heavy atom. The molecule has 4 heteroatoms. The Kier molecular flexibility index (Phi) is 5.12. The number of rotatable bonds is 5. The minimum absolute atomic E-state index is 0.0187. The molecule has 0 aromatic heterocycles. The maximum Gasteiger partial charge on any atom is 0.266 e. The molecule has 1 saturated heterocycles. The van der Waals surface area contributed by atoms with Crippen LogP contribution in [0.5, 0.6) is 0 Å². The van der Waals surface area contributed by atoms with Crippen molar-refractivity contribution < 1.29 is 9.53 Å². The number of allylic oxidation sites excluding steroid dienone is 1. The number of hydrogen-bond donors (Lipinski definition) is 0. The highest BCUT2D eigenvalue weighted by molar-refractivity contribution is 7.80. The third-order valence-corrected chi connectivity index (χ3v) is 3.07. The van der Waals surface area contributed by atoms with E-state index in [9.17, 15) is 4.79 Å². The van der Waals surface area contributed by atoms with Gasteiger partial charge in [-0.05, 0) is 32.5 Å². The molecular formula is C13H21NO2S. The van der Waals surface area contributed by atoms with Crippen molar-refractivity contribution in [3.8, 4) is 0 Å². The molecule has 0 N–H and O–H groups in total. The summed E-state index contributed by atoms with van der Waals surface area (Å²) in [7, 11) is 0. The van der Waals surface area contributed by atoms with Crippen LogP contribution in [0.15, 0.2) is 12.2 Å². The van der Waals surface area contributed by atoms with Crippen molar-refractivity contribution in [1.29, 1.82) is 0 Å². The van der Waals surface area contributed by atoms with Crippen LogP contribution in [0.25, 0.3) is 0 Å². The molecule has 1 rings (SSSR count). The summed E-state index contributed by atoms with van der Waals surface area (Å²) in [5.74, 6) is 0.0187. The van der Waals surface area contributed by atoms with Gasteiger partial charge in [-0.25, -0.2) is 0 Å². The van der Waals surface area contributed by atoms with Gasteiger partial charge in [-0.2, -0.15) is 0 Å². The van der Waals surface area contributed by atoms with Gasteiger partial charge in [-0.15, -0.1) is 0 Å². The van der Waals surface area contributed by atoms with E-state index in [0.717, 1.165) is 6.42 Å². The maximum absolute atomic E-state index is 12.0. The second-order valence-electron chi connectivity index (χ2n) is 4.91. The zero-order chi connectivity index (χ0) is 12.9. The van der Waals surface area contributed by atoms with Crippen molar-refractivity contribution in [2.75, 3.05) is 6.61 Å². The number of nitrogens with zero attached hydrogens (tertiary/aromatic N) is 1. The molecule has 0 radical (unpaired) electrons. The zero-order valence-electron chi connectivity index (χ0n) is 10.9. The van der Waals surface area contributed by atoms with Crippen molar-refractivity contribution in [2.24, 2.45) is 0 Å². The summed E-state index contributed by atoms with van der Waals surface area (Å²) >= 11 is 5.04. The van der Waals surface area contributed by atoms with Crippen LogP contribution in [0.2, 0.25) is 0 Å². The van der Waals surface area contributed by atoms with E-state index < -0.39 is 0 Å². The molecule has 3 nitrogen and oxygen atoms in total. The molecule has 0 unspecified atom stereocenters. The first-order valence-electron chi connectivity index (χ1n) is 6.14. The Hall–Kier alpha value is -0.900. The van der Waals surface area contributed by atoms with Crippen LogP contribution in [0, 0.1) is 0 Å². The van der Waals surface area contributed by atoms with E-state index >= 15 is 0 Å². The number of carbonyl (C=O) groups is 1. The topological polar surface area (TPSA) is 29.5 Å². The van der Waals surface area contributed by atoms with E-state index in [1.807, 2.05) is 19.9 Å². The molecule has 0 aromatic rings. The Morgan fingerprint density at radius 2 is 2.24 bits per heavy atom. The lowest BCUT2D eigenvalue weighted by Gasteiger charge is -2.26. The van der Waals surface area contributed by atoms with E-state index in [2.05, 4.69) is 13.0 Å². The predicted octanol–water partition coefficient (Wildman–Crippen LogP) is 3.05. The number of ether oxygens (including phenoxy) is 1. The molecule has 17 heavy (non-hydrogen) atoms. The van der Waals surface area contributed by atoms with E-state index in [0.29, 0.717) is 18.2 Å². The van der Waals surface area contributed by atoms with E-state index in [4.69, 9.17) is 17.0 Å². The summed E-state index contributed by atoms with van der Waals surface area (Å²) in [5.41, 5.74) is -0.314. The molecule has 0 bridgehead atoms. The van der Waals surface area contributed by atoms with Crippen LogP contribution in [-0.4, -0.2) is 28.1 Å². The number of amides is 1. The van der Waals surface area contributed by atoms with Crippen LogP contribution < -0.4 is 0 Å². The molecule has 0 aliphatic carbocycles. The SMILES string of the molecule is CCCC/C=C\CC(=O)N1C(=S)OCC1(C)C. The Labute approximate surface area is 109 Å². The highest BCUT2D eigenvalue weighted by Gasteiger charge is 2.40. The zero-order valence-corrected chi connectivity index (χ0v) is 11.7. The van der Waals surface area contributed by atoms with Crippen LogP contribution in [0.1, 0.15) is 46.5 Å². The summed E-state index contributed by atoms with van der Waals surface area (Å²) in [4.78, 5) is 13.6. The fourth-order valence-electron chi connectivity index (χ4n) is 1.77. The second-order valence-corrected chi connectivity index (χ2v) is 5.26. The summed E-state index contributed by atoms with van der Waals surface area (Å²) in [6.45, 7) is 6.56. The molecule has 0 saturated carbocycles. The van der Waals surface area contributed by atoms with E-state index in [1.165, 1.54) is 12.8 Å². The number of hydrogen-bond acceptors (Lipinski definition) is 3. The van der Waals surface area contributed by atoms with Crippen LogP contribution in [0.3, 0.4) is 0 Å². The molecule has 1 aliphatic heterocycles. The summed E-state index contributed by atoms with van der Waals surface area (Å²) in [6.07, 6.45) is 7.77. The molecule has 96 valence electrons. The second kappa shape index (κ2) is 6.15. The summed E-state index contributed by atoms with van der Waals surface area (Å²) in [6, 6.07) is 0. The van der Waals surface area contributed by atoms with Gasteiger partial charge in [0, 0.05) is 6.42 Å². The smallest absolute Gasteiger partial charge is 0.266 e. The number of thiocarbonyl (C=S) groups is 1. The Morgan fingerprint density at radius 3 is 2.76 bits per heavy atom. The first-order valence-corrected chi connectivity index (χ1v) is 6.54. The molecule has 1 amide bonds. The van der Waals surface area contributed by atoms with Crippen molar-refractivity contribution in [2.45, 2.75) is 52.0 Å². The maximum atomic E-state index is 12.0. The van der Waals surface area contributed by atoms with E-state index in [1.54, 1.807) is 4.90 Å². The highest BCUT2D eigenvalue weighted by atomic mass is 32.1. The van der Waals surface area contributed by atoms with Gasteiger partial charge in [0.05, 0.1) is 5.54 Å². The van der Waals surface area contributed by atoms with Gasteiger partial charge in [0.1, 0.15) is 6.61 Å². The van der Waals surface area contributed by atoms with Gasteiger partial charge in [0.2, 0.25) is 5.91 Å². The van der Waals surface area contributed by atoms with Gasteiger partial charge in [-0.3, -0.25) is 9.69 Å². The van der Waals surface area contributed by atoms with E-state index in [-0.39, 0.29) is 11.4 Å². The largest absolute Gasteiger partial charge is 0.468 e. The monoisotopic (exact) mass is 255 g/mol. The highest BCUT2D eigenvalue weighted by Crippen LogP contribution is 2.24. The van der Waals surface area contributed by atoms with Crippen LogP contribution >= 0.6 is 12.2 Å². The Bertz CT molecular complexity index is 323. The minimum Gasteiger partial charge on any atom is -0.468 e. The van der Waals surface area contributed by atoms with Crippen molar-refractivity contribution >= 4 is 23.3 Å². The van der Waals surface area contributed by atoms with Crippen LogP contribution in [-0.2, 0) is 9.53 Å². The van der Waals surface area contributed by atoms with Gasteiger partial charge in [0.15, 0.2) is 0 Å². The lowest BCUT2D eigenvalue weighted by Crippen LogP contribution is -2.45. The van der Waals surface area contributed by atoms with Crippen LogP contribution in [0.4, 0.5) is 0 Å². The standard InChI is InChI=1S/C13H21NO2S/c1-4-5-6-7-8-9-11(15)14-12(17)16-10-13(14,2)3/h7-8H,4-6,9-10H2,1-3H3/b8-7-. The van der Waals surface area contributed by atoms with Gasteiger partial charge >= 0.3 is 0 Å². The van der Waals surface area contributed by atoms with Crippen molar-refractivity contribution in [3.05, 3.63) is 12.2 Å². The molecular weight excluding hydrogens is 234 g/mol. The molecule has 1 aliphatic rings. The van der Waals surface area contributed by atoms with Crippen molar-refractivity contribution in [1.82, 2.24) is 4.90 Å². The number of carbonyl (C=O) groups excluding carboxylic acids is 1. The first kappa shape index (κ1) is 14.2. The lowest BCUT2D eigenvalue weighted by molar-refractivity contribution is -0.129. The third-order valence-electron chi connectivity index (χ3n) is 2.77. The lowest BCUT2D eigenvalue weighted by atomic mass is 10.1. The average molecular weight is 255 g/mol. The quantitative estimate of drug-likeness (QED) is 0.429. The summed E-state index contributed by atoms with van der Waals surface area (Å²) in [5, 5.41) is 0.307. The minimum atomic E-state index is -0.314. The van der Waals surface area contributed by atoms with Gasteiger partial charge < -0.3 is 4.74 Å². The van der Waals surface area contributed by atoms with Gasteiger partial charge in [-0.1, -0.05) is 31.9 Å². The molecule has 0 spiro atoms. The molecule has 1 fully saturated rings. The van der Waals surface area contributed by atoms with Gasteiger partial charge in [0.25, 0.3) is 5.17 Å². The molecule has 0 atom stereocenters. The van der Waals surface area contributed by atoms with Crippen molar-refractivity contribution in [3.63, 3.8) is 0 Å². The first-order chi connectivity index (χ1) is 7.99. The molecule has 1 heterocycles.